The second-order valence-electron chi connectivity index (χ2n) is 2.67. The summed E-state index contributed by atoms with van der Waals surface area (Å²) in [7, 11) is 0. The van der Waals surface area contributed by atoms with Crippen molar-refractivity contribution in [1.82, 2.24) is 4.98 Å². The van der Waals surface area contributed by atoms with Crippen LogP contribution in [0.25, 0.3) is 0 Å². The Hall–Kier alpha value is -1.00. The molecule has 2 unspecified atom stereocenters. The monoisotopic (exact) mass is 170 g/mol. The second-order valence-corrected chi connectivity index (χ2v) is 2.67. The molecule has 2 atom stereocenters. The summed E-state index contributed by atoms with van der Waals surface area (Å²) in [6.45, 7) is 1.57. The quantitative estimate of drug-likeness (QED) is 0.683. The summed E-state index contributed by atoms with van der Waals surface area (Å²) in [6.07, 6.45) is 0.403. The van der Waals surface area contributed by atoms with Gasteiger partial charge in [0.15, 0.2) is 0 Å². The van der Waals surface area contributed by atoms with E-state index in [1.807, 2.05) is 0 Å². The van der Waals surface area contributed by atoms with Gasteiger partial charge in [-0.2, -0.15) is 0 Å². The van der Waals surface area contributed by atoms with E-state index >= 15 is 0 Å². The highest BCUT2D eigenvalue weighted by molar-refractivity contribution is 5.10. The molecule has 0 aromatic carbocycles. The van der Waals surface area contributed by atoms with E-state index in [4.69, 9.17) is 10.8 Å². The van der Waals surface area contributed by atoms with Crippen molar-refractivity contribution in [1.29, 1.82) is 0 Å². The zero-order valence-electron chi connectivity index (χ0n) is 6.74. The fourth-order valence-electron chi connectivity index (χ4n) is 0.832. The van der Waals surface area contributed by atoms with Crippen LogP contribution in [-0.4, -0.2) is 16.2 Å². The number of pyridine rings is 1. The van der Waals surface area contributed by atoms with Crippen LogP contribution in [0.5, 0.6) is 0 Å². The van der Waals surface area contributed by atoms with E-state index in [0.29, 0.717) is 5.69 Å². The molecule has 0 spiro atoms. The predicted molar refractivity (Wildman–Crippen MR) is 42.8 cm³/mol. The Morgan fingerprint density at radius 1 is 1.58 bits per heavy atom. The van der Waals surface area contributed by atoms with Crippen molar-refractivity contribution in [3.63, 3.8) is 0 Å². The van der Waals surface area contributed by atoms with Crippen molar-refractivity contribution < 1.29 is 9.50 Å². The number of rotatable bonds is 2. The molecular formula is C8H11FN2O. The van der Waals surface area contributed by atoms with Gasteiger partial charge in [-0.25, -0.2) is 4.39 Å². The average Bonchev–Trinajstić information content (AvgIpc) is 2.04. The van der Waals surface area contributed by atoms with Gasteiger partial charge >= 0.3 is 0 Å². The van der Waals surface area contributed by atoms with Crippen molar-refractivity contribution >= 4 is 0 Å². The van der Waals surface area contributed by atoms with Crippen molar-refractivity contribution in [3.05, 3.63) is 29.8 Å². The van der Waals surface area contributed by atoms with Crippen LogP contribution in [0.15, 0.2) is 18.3 Å². The van der Waals surface area contributed by atoms with E-state index < -0.39 is 18.0 Å². The van der Waals surface area contributed by atoms with Crippen LogP contribution in [0.2, 0.25) is 0 Å². The summed E-state index contributed by atoms with van der Waals surface area (Å²) in [4.78, 5) is 3.74. The predicted octanol–water partition coefficient (Wildman–Crippen LogP) is 0.601. The lowest BCUT2D eigenvalue weighted by Crippen LogP contribution is -2.24. The van der Waals surface area contributed by atoms with Crippen LogP contribution in [0.1, 0.15) is 18.7 Å². The maximum atomic E-state index is 12.4. The van der Waals surface area contributed by atoms with Crippen molar-refractivity contribution in [2.24, 2.45) is 5.73 Å². The normalized spacial score (nSPS) is 15.7. The summed E-state index contributed by atoms with van der Waals surface area (Å²) in [5.74, 6) is -0.406. The maximum absolute atomic E-state index is 12.4. The van der Waals surface area contributed by atoms with E-state index in [0.717, 1.165) is 6.20 Å². The van der Waals surface area contributed by atoms with Crippen LogP contribution in [0.4, 0.5) is 4.39 Å². The minimum atomic E-state index is -0.678. The summed E-state index contributed by atoms with van der Waals surface area (Å²) in [6, 6.07) is 2.18. The van der Waals surface area contributed by atoms with Crippen LogP contribution in [0.3, 0.4) is 0 Å². The molecule has 0 aliphatic heterocycles. The van der Waals surface area contributed by atoms with Gasteiger partial charge in [0.25, 0.3) is 0 Å². The molecule has 1 aromatic rings. The van der Waals surface area contributed by atoms with Crippen molar-refractivity contribution in [3.8, 4) is 0 Å². The fraction of sp³-hybridized carbons (Fsp3) is 0.375. The lowest BCUT2D eigenvalue weighted by Gasteiger charge is -2.13. The van der Waals surface area contributed by atoms with Gasteiger partial charge in [-0.3, -0.25) is 4.98 Å². The lowest BCUT2D eigenvalue weighted by molar-refractivity contribution is 0.162. The molecule has 0 bridgehead atoms. The number of nitrogens with two attached hydrogens (primary N) is 1. The molecule has 3 N–H and O–H groups in total. The van der Waals surface area contributed by atoms with E-state index in [1.165, 1.54) is 12.1 Å². The summed E-state index contributed by atoms with van der Waals surface area (Å²) < 4.78 is 12.4. The lowest BCUT2D eigenvalue weighted by atomic mass is 10.1. The number of hydrogen-bond acceptors (Lipinski definition) is 3. The highest BCUT2D eigenvalue weighted by atomic mass is 19.1. The van der Waals surface area contributed by atoms with E-state index in [2.05, 4.69) is 4.98 Å². The third-order valence-corrected chi connectivity index (χ3v) is 1.61. The molecular weight excluding hydrogens is 159 g/mol. The summed E-state index contributed by atoms with van der Waals surface area (Å²) in [5.41, 5.74) is 6.04. The second kappa shape index (κ2) is 3.60. The SMILES string of the molecule is CC(O)C(N)c1ccc(F)cn1. The number of aromatic nitrogens is 1. The van der Waals surface area contributed by atoms with E-state index in [-0.39, 0.29) is 0 Å². The van der Waals surface area contributed by atoms with Crippen LogP contribution in [0, 0.1) is 5.82 Å². The van der Waals surface area contributed by atoms with Gasteiger partial charge < -0.3 is 10.8 Å². The smallest absolute Gasteiger partial charge is 0.141 e. The average molecular weight is 170 g/mol. The Morgan fingerprint density at radius 2 is 2.25 bits per heavy atom. The molecule has 0 fully saturated rings. The third kappa shape index (κ3) is 1.99. The van der Waals surface area contributed by atoms with Crippen molar-refractivity contribution in [2.45, 2.75) is 19.1 Å². The van der Waals surface area contributed by atoms with Gasteiger partial charge in [-0.05, 0) is 19.1 Å². The van der Waals surface area contributed by atoms with Crippen LogP contribution < -0.4 is 5.73 Å². The summed E-state index contributed by atoms with van der Waals surface area (Å²) >= 11 is 0. The molecule has 0 aliphatic rings. The van der Waals surface area contributed by atoms with E-state index in [9.17, 15) is 4.39 Å². The van der Waals surface area contributed by atoms with Crippen LogP contribution >= 0.6 is 0 Å². The molecule has 0 amide bonds. The molecule has 1 heterocycles. The zero-order valence-corrected chi connectivity index (χ0v) is 6.74. The third-order valence-electron chi connectivity index (χ3n) is 1.61. The number of aliphatic hydroxyl groups excluding tert-OH is 1. The molecule has 12 heavy (non-hydrogen) atoms. The van der Waals surface area contributed by atoms with Gasteiger partial charge in [0, 0.05) is 0 Å². The Labute approximate surface area is 70.0 Å². The molecule has 0 radical (unpaired) electrons. The van der Waals surface area contributed by atoms with Gasteiger partial charge in [0.1, 0.15) is 5.82 Å². The molecule has 0 saturated heterocycles. The standard InChI is InChI=1S/C8H11FN2O/c1-5(12)8(10)7-3-2-6(9)4-11-7/h2-5,8,12H,10H2,1H3. The topological polar surface area (TPSA) is 59.1 Å². The van der Waals surface area contributed by atoms with E-state index in [1.54, 1.807) is 6.92 Å². The Morgan fingerprint density at radius 3 is 2.67 bits per heavy atom. The number of halogens is 1. The zero-order chi connectivity index (χ0) is 9.14. The Kier molecular flexibility index (Phi) is 2.73. The minimum Gasteiger partial charge on any atom is -0.391 e. The molecule has 4 heteroatoms. The largest absolute Gasteiger partial charge is 0.391 e. The number of aliphatic hydroxyl groups is 1. The van der Waals surface area contributed by atoms with Crippen molar-refractivity contribution in [2.75, 3.05) is 0 Å². The molecule has 1 rings (SSSR count). The van der Waals surface area contributed by atoms with Gasteiger partial charge in [0.05, 0.1) is 24.0 Å². The highest BCUT2D eigenvalue weighted by Crippen LogP contribution is 2.10. The number of nitrogens with zero attached hydrogens (tertiary/aromatic N) is 1. The Bertz CT molecular complexity index is 248. The maximum Gasteiger partial charge on any atom is 0.141 e. The summed E-state index contributed by atoms with van der Waals surface area (Å²) in [5, 5.41) is 9.08. The molecule has 3 nitrogen and oxygen atoms in total. The molecule has 66 valence electrons. The van der Waals surface area contributed by atoms with Gasteiger partial charge in [-0.15, -0.1) is 0 Å². The fourth-order valence-corrected chi connectivity index (χ4v) is 0.832. The first kappa shape index (κ1) is 9.09. The molecule has 0 aliphatic carbocycles. The van der Waals surface area contributed by atoms with Gasteiger partial charge in [-0.1, -0.05) is 0 Å². The Balaban J connectivity index is 2.82. The molecule has 0 saturated carbocycles. The number of hydrogen-bond donors (Lipinski definition) is 2. The first-order chi connectivity index (χ1) is 5.61. The first-order valence-corrected chi connectivity index (χ1v) is 3.66. The first-order valence-electron chi connectivity index (χ1n) is 3.66. The van der Waals surface area contributed by atoms with Gasteiger partial charge in [0.2, 0.25) is 0 Å². The molecule has 1 aromatic heterocycles. The minimum absolute atomic E-state index is 0.406. The highest BCUT2D eigenvalue weighted by Gasteiger charge is 2.12. The van der Waals surface area contributed by atoms with Crippen LogP contribution in [-0.2, 0) is 0 Å².